The van der Waals surface area contributed by atoms with Gasteiger partial charge in [0.15, 0.2) is 11.5 Å². The first-order valence-corrected chi connectivity index (χ1v) is 8.67. The number of rotatable bonds is 4. The van der Waals surface area contributed by atoms with Crippen LogP contribution in [-0.4, -0.2) is 49.4 Å². The number of anilines is 1. The normalized spacial score (nSPS) is 28.4. The van der Waals surface area contributed by atoms with Crippen LogP contribution >= 0.6 is 0 Å². The van der Waals surface area contributed by atoms with Gasteiger partial charge in [-0.2, -0.15) is 0 Å². The van der Waals surface area contributed by atoms with Crippen molar-refractivity contribution in [1.82, 2.24) is 4.90 Å². The second-order valence-electron chi connectivity index (χ2n) is 7.31. The molecule has 24 heavy (non-hydrogen) atoms. The third kappa shape index (κ3) is 3.08. The highest BCUT2D eigenvalue weighted by molar-refractivity contribution is 5.93. The minimum Gasteiger partial charge on any atom is -0.454 e. The lowest BCUT2D eigenvalue weighted by Gasteiger charge is -2.33. The molecule has 1 aromatic rings. The van der Waals surface area contributed by atoms with Crippen molar-refractivity contribution in [3.8, 4) is 11.5 Å². The molecular weight excluding hydrogens is 308 g/mol. The van der Waals surface area contributed by atoms with Gasteiger partial charge in [0, 0.05) is 31.4 Å². The van der Waals surface area contributed by atoms with Crippen LogP contribution in [0.5, 0.6) is 11.5 Å². The summed E-state index contributed by atoms with van der Waals surface area (Å²) in [6.45, 7) is 7.52. The molecule has 1 amide bonds. The molecule has 130 valence electrons. The van der Waals surface area contributed by atoms with E-state index in [1.54, 1.807) is 0 Å². The fourth-order valence-corrected chi connectivity index (χ4v) is 3.89. The SMILES string of the molecule is CC(C)CN1C[C@H]2C[C@H](C(=O)Nc3ccc4c(c3)OCO4)[C@@H](C1)O2. The Kier molecular flexibility index (Phi) is 4.10. The molecule has 0 radical (unpaired) electrons. The third-order valence-corrected chi connectivity index (χ3v) is 4.83. The number of morpholine rings is 1. The number of hydrogen-bond acceptors (Lipinski definition) is 5. The molecule has 3 aliphatic heterocycles. The number of fused-ring (bicyclic) bond motifs is 3. The van der Waals surface area contributed by atoms with Crippen molar-refractivity contribution in [1.29, 1.82) is 0 Å². The van der Waals surface area contributed by atoms with E-state index in [1.165, 1.54) is 0 Å². The zero-order valence-corrected chi connectivity index (χ0v) is 14.2. The van der Waals surface area contributed by atoms with E-state index in [0.717, 1.165) is 37.5 Å². The monoisotopic (exact) mass is 332 g/mol. The molecule has 1 aromatic carbocycles. The summed E-state index contributed by atoms with van der Waals surface area (Å²) < 4.78 is 16.7. The van der Waals surface area contributed by atoms with Crippen LogP contribution in [0, 0.1) is 11.8 Å². The average molecular weight is 332 g/mol. The van der Waals surface area contributed by atoms with Crippen LogP contribution < -0.4 is 14.8 Å². The first kappa shape index (κ1) is 15.7. The van der Waals surface area contributed by atoms with E-state index in [-0.39, 0.29) is 30.8 Å². The molecule has 0 spiro atoms. The highest BCUT2D eigenvalue weighted by Crippen LogP contribution is 2.36. The first-order chi connectivity index (χ1) is 11.6. The summed E-state index contributed by atoms with van der Waals surface area (Å²) in [4.78, 5) is 15.1. The molecule has 2 bridgehead atoms. The van der Waals surface area contributed by atoms with Gasteiger partial charge in [0.2, 0.25) is 12.7 Å². The Balaban J connectivity index is 1.40. The molecule has 3 atom stereocenters. The number of benzene rings is 1. The van der Waals surface area contributed by atoms with E-state index in [0.29, 0.717) is 11.7 Å². The van der Waals surface area contributed by atoms with Gasteiger partial charge in [0.1, 0.15) is 0 Å². The molecule has 3 heterocycles. The van der Waals surface area contributed by atoms with Crippen molar-refractivity contribution >= 4 is 11.6 Å². The predicted molar refractivity (Wildman–Crippen MR) is 89.2 cm³/mol. The summed E-state index contributed by atoms with van der Waals surface area (Å²) in [7, 11) is 0. The summed E-state index contributed by atoms with van der Waals surface area (Å²) in [5.41, 5.74) is 0.740. The van der Waals surface area contributed by atoms with E-state index in [4.69, 9.17) is 14.2 Å². The quantitative estimate of drug-likeness (QED) is 0.915. The summed E-state index contributed by atoms with van der Waals surface area (Å²) >= 11 is 0. The fraction of sp³-hybridized carbons (Fsp3) is 0.611. The lowest BCUT2D eigenvalue weighted by Crippen LogP contribution is -2.45. The molecule has 6 nitrogen and oxygen atoms in total. The second kappa shape index (κ2) is 6.26. The Morgan fingerprint density at radius 1 is 1.29 bits per heavy atom. The maximum Gasteiger partial charge on any atom is 0.231 e. The largest absolute Gasteiger partial charge is 0.454 e. The Hall–Kier alpha value is -1.79. The molecule has 0 aliphatic carbocycles. The second-order valence-corrected chi connectivity index (χ2v) is 7.31. The maximum atomic E-state index is 12.7. The standard InChI is InChI=1S/C18H24N2O4/c1-11(2)7-20-8-13-6-14(17(9-20)24-13)18(21)19-12-3-4-15-16(5-12)23-10-22-15/h3-5,11,13-14,17H,6-10H2,1-2H3,(H,19,21)/t13-,14+,17-/m1/s1. The number of nitrogens with one attached hydrogen (secondary N) is 1. The van der Waals surface area contributed by atoms with Crippen LogP contribution in [0.2, 0.25) is 0 Å². The van der Waals surface area contributed by atoms with E-state index in [1.807, 2.05) is 18.2 Å². The van der Waals surface area contributed by atoms with Crippen LogP contribution in [0.25, 0.3) is 0 Å². The van der Waals surface area contributed by atoms with Gasteiger partial charge in [-0.05, 0) is 24.5 Å². The molecule has 6 heteroatoms. The summed E-state index contributed by atoms with van der Waals surface area (Å²) in [5, 5.41) is 3.01. The summed E-state index contributed by atoms with van der Waals surface area (Å²) in [6.07, 6.45) is 0.974. The van der Waals surface area contributed by atoms with E-state index >= 15 is 0 Å². The van der Waals surface area contributed by atoms with Crippen molar-refractivity contribution in [2.24, 2.45) is 11.8 Å². The van der Waals surface area contributed by atoms with Crippen LogP contribution in [0.4, 0.5) is 5.69 Å². The van der Waals surface area contributed by atoms with E-state index in [9.17, 15) is 4.79 Å². The van der Waals surface area contributed by atoms with Gasteiger partial charge in [-0.25, -0.2) is 0 Å². The highest BCUT2D eigenvalue weighted by Gasteiger charge is 2.44. The van der Waals surface area contributed by atoms with Crippen molar-refractivity contribution in [2.75, 3.05) is 31.7 Å². The number of amides is 1. The molecule has 0 aromatic heterocycles. The molecule has 4 rings (SSSR count). The number of likely N-dealkylation sites (tertiary alicyclic amines) is 1. The van der Waals surface area contributed by atoms with Crippen molar-refractivity contribution in [3.63, 3.8) is 0 Å². The summed E-state index contributed by atoms with van der Waals surface area (Å²) in [6, 6.07) is 5.48. The first-order valence-electron chi connectivity index (χ1n) is 8.67. The molecule has 3 aliphatic rings. The Morgan fingerprint density at radius 3 is 2.96 bits per heavy atom. The summed E-state index contributed by atoms with van der Waals surface area (Å²) in [5.74, 6) is 1.98. The molecule has 0 saturated carbocycles. The van der Waals surface area contributed by atoms with Gasteiger partial charge in [0.25, 0.3) is 0 Å². The van der Waals surface area contributed by atoms with Gasteiger partial charge in [-0.3, -0.25) is 9.69 Å². The minimum atomic E-state index is -0.0856. The molecule has 0 unspecified atom stereocenters. The van der Waals surface area contributed by atoms with E-state index in [2.05, 4.69) is 24.1 Å². The van der Waals surface area contributed by atoms with Gasteiger partial charge >= 0.3 is 0 Å². The maximum absolute atomic E-state index is 12.7. The number of carbonyl (C=O) groups excluding carboxylic acids is 1. The van der Waals surface area contributed by atoms with E-state index < -0.39 is 0 Å². The van der Waals surface area contributed by atoms with Crippen LogP contribution in [-0.2, 0) is 9.53 Å². The fourth-order valence-electron chi connectivity index (χ4n) is 3.89. The van der Waals surface area contributed by atoms with Gasteiger partial charge < -0.3 is 19.5 Å². The number of nitrogens with zero attached hydrogens (tertiary/aromatic N) is 1. The molecular formula is C18H24N2O4. The lowest BCUT2D eigenvalue weighted by molar-refractivity contribution is -0.123. The zero-order chi connectivity index (χ0) is 16.7. The Bertz CT molecular complexity index is 633. The molecule has 1 N–H and O–H groups in total. The van der Waals surface area contributed by atoms with Gasteiger partial charge in [0.05, 0.1) is 18.1 Å². The number of ether oxygens (including phenoxy) is 3. The van der Waals surface area contributed by atoms with Crippen molar-refractivity contribution < 1.29 is 19.0 Å². The highest BCUT2D eigenvalue weighted by atomic mass is 16.7. The number of hydrogen-bond donors (Lipinski definition) is 1. The molecule has 2 fully saturated rings. The van der Waals surface area contributed by atoms with Crippen molar-refractivity contribution in [2.45, 2.75) is 32.5 Å². The average Bonchev–Trinajstić information content (AvgIpc) is 3.10. The van der Waals surface area contributed by atoms with Crippen LogP contribution in [0.3, 0.4) is 0 Å². The minimum absolute atomic E-state index is 0.00323. The third-order valence-electron chi connectivity index (χ3n) is 4.83. The molecule has 2 saturated heterocycles. The predicted octanol–water partition coefficient (Wildman–Crippen LogP) is 2.10. The topological polar surface area (TPSA) is 60.0 Å². The number of carbonyl (C=O) groups is 1. The Morgan fingerprint density at radius 2 is 2.12 bits per heavy atom. The van der Waals surface area contributed by atoms with Crippen LogP contribution in [0.15, 0.2) is 18.2 Å². The van der Waals surface area contributed by atoms with Gasteiger partial charge in [-0.15, -0.1) is 0 Å². The van der Waals surface area contributed by atoms with Crippen molar-refractivity contribution in [3.05, 3.63) is 18.2 Å². The Labute approximate surface area is 142 Å². The smallest absolute Gasteiger partial charge is 0.231 e. The zero-order valence-electron chi connectivity index (χ0n) is 14.2. The van der Waals surface area contributed by atoms with Gasteiger partial charge in [-0.1, -0.05) is 13.8 Å². The van der Waals surface area contributed by atoms with Crippen LogP contribution in [0.1, 0.15) is 20.3 Å². The lowest BCUT2D eigenvalue weighted by atomic mass is 9.99.